The molecule has 2 aromatic rings. The summed E-state index contributed by atoms with van der Waals surface area (Å²) in [4.78, 5) is 25.8. The van der Waals surface area contributed by atoms with Gasteiger partial charge in [-0.05, 0) is 37.1 Å². The third-order valence-corrected chi connectivity index (χ3v) is 3.66. The van der Waals surface area contributed by atoms with Gasteiger partial charge in [0.2, 0.25) is 0 Å². The topological polar surface area (TPSA) is 57.6 Å². The fourth-order valence-electron chi connectivity index (χ4n) is 2.49. The van der Waals surface area contributed by atoms with Gasteiger partial charge in [0, 0.05) is 18.7 Å². The molecule has 0 heterocycles. The van der Waals surface area contributed by atoms with Crippen molar-refractivity contribution in [3.05, 3.63) is 59.7 Å². The van der Waals surface area contributed by atoms with Gasteiger partial charge in [-0.15, -0.1) is 0 Å². The fourth-order valence-corrected chi connectivity index (χ4v) is 2.49. The van der Waals surface area contributed by atoms with Crippen LogP contribution >= 0.6 is 0 Å². The van der Waals surface area contributed by atoms with Gasteiger partial charge in [0.25, 0.3) is 5.91 Å². The third kappa shape index (κ3) is 3.01. The first kappa shape index (κ1) is 15.8. The minimum Gasteiger partial charge on any atom is -0.478 e. The van der Waals surface area contributed by atoms with Crippen LogP contribution in [0.5, 0.6) is 0 Å². The molecule has 0 aliphatic carbocycles. The van der Waals surface area contributed by atoms with Crippen LogP contribution in [-0.2, 0) is 0 Å². The Balaban J connectivity index is 2.59. The van der Waals surface area contributed by atoms with Crippen LogP contribution in [0.4, 0.5) is 0 Å². The molecule has 1 N–H and O–H groups in total. The Labute approximate surface area is 130 Å². The lowest BCUT2D eigenvalue weighted by atomic mass is 9.94. The van der Waals surface area contributed by atoms with Gasteiger partial charge in [-0.2, -0.15) is 0 Å². The van der Waals surface area contributed by atoms with Crippen molar-refractivity contribution in [1.29, 1.82) is 0 Å². The maximum Gasteiger partial charge on any atom is 0.336 e. The first-order chi connectivity index (χ1) is 10.6. The van der Waals surface area contributed by atoms with Crippen molar-refractivity contribution in [2.24, 2.45) is 0 Å². The summed E-state index contributed by atoms with van der Waals surface area (Å²) in [6, 6.07) is 13.9. The summed E-state index contributed by atoms with van der Waals surface area (Å²) < 4.78 is 0. The number of amides is 1. The second-order valence-corrected chi connectivity index (χ2v) is 4.87. The lowest BCUT2D eigenvalue weighted by Crippen LogP contribution is -2.30. The molecule has 0 aliphatic heterocycles. The van der Waals surface area contributed by atoms with Crippen LogP contribution in [0.15, 0.2) is 48.5 Å². The molecule has 0 atom stereocenters. The van der Waals surface area contributed by atoms with Gasteiger partial charge in [-0.25, -0.2) is 4.79 Å². The standard InChI is InChI=1S/C18H19NO3/c1-3-19(4-2)17(20)15-11-7-5-9-13(15)14-10-6-8-12-16(14)18(21)22/h5-12H,3-4H2,1-2H3,(H,21,22). The highest BCUT2D eigenvalue weighted by Crippen LogP contribution is 2.28. The molecule has 4 nitrogen and oxygen atoms in total. The first-order valence-corrected chi connectivity index (χ1v) is 7.31. The van der Waals surface area contributed by atoms with Crippen molar-refractivity contribution in [1.82, 2.24) is 4.90 Å². The van der Waals surface area contributed by atoms with E-state index in [9.17, 15) is 14.7 Å². The molecular weight excluding hydrogens is 278 g/mol. The van der Waals surface area contributed by atoms with E-state index in [0.29, 0.717) is 29.8 Å². The maximum atomic E-state index is 12.7. The van der Waals surface area contributed by atoms with Gasteiger partial charge in [-0.3, -0.25) is 4.79 Å². The highest BCUT2D eigenvalue weighted by atomic mass is 16.4. The van der Waals surface area contributed by atoms with Gasteiger partial charge in [0.05, 0.1) is 5.56 Å². The second-order valence-electron chi connectivity index (χ2n) is 4.87. The minimum atomic E-state index is -0.999. The van der Waals surface area contributed by atoms with E-state index in [1.54, 1.807) is 47.4 Å². The van der Waals surface area contributed by atoms with Crippen molar-refractivity contribution in [2.45, 2.75) is 13.8 Å². The normalized spacial score (nSPS) is 10.3. The number of hydrogen-bond donors (Lipinski definition) is 1. The summed E-state index contributed by atoms with van der Waals surface area (Å²) in [5, 5.41) is 9.36. The zero-order valence-corrected chi connectivity index (χ0v) is 12.7. The van der Waals surface area contributed by atoms with Gasteiger partial charge >= 0.3 is 5.97 Å². The summed E-state index contributed by atoms with van der Waals surface area (Å²) >= 11 is 0. The van der Waals surface area contributed by atoms with E-state index in [2.05, 4.69) is 0 Å². The SMILES string of the molecule is CCN(CC)C(=O)c1ccccc1-c1ccccc1C(=O)O. The molecule has 0 saturated heterocycles. The highest BCUT2D eigenvalue weighted by Gasteiger charge is 2.19. The minimum absolute atomic E-state index is 0.0826. The predicted octanol–water partition coefficient (Wildman–Crippen LogP) is 3.53. The number of carboxylic acid groups (broad SMARTS) is 1. The molecular formula is C18H19NO3. The van der Waals surface area contributed by atoms with Crippen LogP contribution in [0.1, 0.15) is 34.6 Å². The van der Waals surface area contributed by atoms with E-state index in [-0.39, 0.29) is 11.5 Å². The smallest absolute Gasteiger partial charge is 0.336 e. The predicted molar refractivity (Wildman–Crippen MR) is 86.1 cm³/mol. The molecule has 114 valence electrons. The van der Waals surface area contributed by atoms with Crippen LogP contribution in [0, 0.1) is 0 Å². The van der Waals surface area contributed by atoms with Crippen molar-refractivity contribution in [2.75, 3.05) is 13.1 Å². The Hall–Kier alpha value is -2.62. The van der Waals surface area contributed by atoms with Gasteiger partial charge in [0.1, 0.15) is 0 Å². The molecule has 0 radical (unpaired) electrons. The van der Waals surface area contributed by atoms with E-state index < -0.39 is 5.97 Å². The highest BCUT2D eigenvalue weighted by molar-refractivity contribution is 6.04. The van der Waals surface area contributed by atoms with Crippen molar-refractivity contribution in [3.8, 4) is 11.1 Å². The van der Waals surface area contributed by atoms with Crippen LogP contribution < -0.4 is 0 Å². The number of carboxylic acids is 1. The number of carbonyl (C=O) groups is 2. The summed E-state index contributed by atoms with van der Waals surface area (Å²) in [6.07, 6.45) is 0. The molecule has 0 aliphatic rings. The summed E-state index contributed by atoms with van der Waals surface area (Å²) in [5.41, 5.74) is 1.94. The van der Waals surface area contributed by atoms with Gasteiger partial charge < -0.3 is 10.0 Å². The molecule has 2 rings (SSSR count). The molecule has 4 heteroatoms. The van der Waals surface area contributed by atoms with E-state index in [1.165, 1.54) is 0 Å². The molecule has 0 unspecified atom stereocenters. The third-order valence-electron chi connectivity index (χ3n) is 3.66. The number of hydrogen-bond acceptors (Lipinski definition) is 2. The maximum absolute atomic E-state index is 12.7. The van der Waals surface area contributed by atoms with Crippen molar-refractivity contribution >= 4 is 11.9 Å². The Morgan fingerprint density at radius 1 is 0.864 bits per heavy atom. The number of rotatable bonds is 5. The average molecular weight is 297 g/mol. The lowest BCUT2D eigenvalue weighted by molar-refractivity contribution is 0.0696. The molecule has 0 spiro atoms. The Morgan fingerprint density at radius 2 is 1.32 bits per heavy atom. The Bertz CT molecular complexity index is 690. The van der Waals surface area contributed by atoms with Crippen LogP contribution in [-0.4, -0.2) is 35.0 Å². The second kappa shape index (κ2) is 6.89. The average Bonchev–Trinajstić information content (AvgIpc) is 2.55. The largest absolute Gasteiger partial charge is 0.478 e. The molecule has 22 heavy (non-hydrogen) atoms. The number of carbonyl (C=O) groups excluding carboxylic acids is 1. The van der Waals surface area contributed by atoms with E-state index in [4.69, 9.17) is 0 Å². The first-order valence-electron chi connectivity index (χ1n) is 7.31. The number of benzene rings is 2. The molecule has 0 aromatic heterocycles. The zero-order valence-electron chi connectivity index (χ0n) is 12.7. The van der Waals surface area contributed by atoms with E-state index in [0.717, 1.165) is 0 Å². The Kier molecular flexibility index (Phi) is 4.94. The lowest BCUT2D eigenvalue weighted by Gasteiger charge is -2.20. The quantitative estimate of drug-likeness (QED) is 0.918. The summed E-state index contributed by atoms with van der Waals surface area (Å²) in [6.45, 7) is 5.08. The van der Waals surface area contributed by atoms with Gasteiger partial charge in [-0.1, -0.05) is 36.4 Å². The molecule has 0 fully saturated rings. The molecule has 0 bridgehead atoms. The Morgan fingerprint density at radius 3 is 1.82 bits per heavy atom. The molecule has 0 saturated carbocycles. The van der Waals surface area contributed by atoms with Crippen LogP contribution in [0.3, 0.4) is 0 Å². The van der Waals surface area contributed by atoms with Crippen LogP contribution in [0.25, 0.3) is 11.1 Å². The van der Waals surface area contributed by atoms with Crippen molar-refractivity contribution < 1.29 is 14.7 Å². The molecule has 2 aromatic carbocycles. The van der Waals surface area contributed by atoms with Crippen molar-refractivity contribution in [3.63, 3.8) is 0 Å². The summed E-state index contributed by atoms with van der Waals surface area (Å²) in [5.74, 6) is -1.08. The zero-order chi connectivity index (χ0) is 16.1. The van der Waals surface area contributed by atoms with E-state index >= 15 is 0 Å². The van der Waals surface area contributed by atoms with Gasteiger partial charge in [0.15, 0.2) is 0 Å². The monoisotopic (exact) mass is 297 g/mol. The fraction of sp³-hybridized carbons (Fsp3) is 0.222. The summed E-state index contributed by atoms with van der Waals surface area (Å²) in [7, 11) is 0. The number of aromatic carboxylic acids is 1. The molecule has 1 amide bonds. The van der Waals surface area contributed by atoms with E-state index in [1.807, 2.05) is 19.9 Å². The van der Waals surface area contributed by atoms with Crippen LogP contribution in [0.2, 0.25) is 0 Å². The number of nitrogens with zero attached hydrogens (tertiary/aromatic N) is 1.